The number of nitrogens with zero attached hydrogens (tertiary/aromatic N) is 4. The zero-order chi connectivity index (χ0) is 18.8. The van der Waals surface area contributed by atoms with Gasteiger partial charge in [-0.15, -0.1) is 0 Å². The van der Waals surface area contributed by atoms with Crippen LogP contribution < -0.4 is 5.32 Å². The summed E-state index contributed by atoms with van der Waals surface area (Å²) in [5.41, 5.74) is 3.94. The minimum absolute atomic E-state index is 0.0103. The molecule has 134 valence electrons. The van der Waals surface area contributed by atoms with E-state index in [0.717, 1.165) is 28.0 Å². The van der Waals surface area contributed by atoms with Crippen LogP contribution in [0.25, 0.3) is 16.6 Å². The van der Waals surface area contributed by atoms with Gasteiger partial charge in [-0.05, 0) is 25.1 Å². The maximum atomic E-state index is 11.3. The third-order valence-corrected chi connectivity index (χ3v) is 4.28. The molecule has 0 fully saturated rings. The molecule has 0 saturated carbocycles. The molecule has 7 nitrogen and oxygen atoms in total. The van der Waals surface area contributed by atoms with Crippen LogP contribution in [0.3, 0.4) is 0 Å². The van der Waals surface area contributed by atoms with E-state index in [-0.39, 0.29) is 5.69 Å². The number of pyridine rings is 1. The van der Waals surface area contributed by atoms with E-state index in [1.807, 2.05) is 60.3 Å². The first kappa shape index (κ1) is 16.7. The number of fused-ring (bicyclic) bond motifs is 1. The fourth-order valence-corrected chi connectivity index (χ4v) is 3.03. The average molecular weight is 359 g/mol. The standard InChI is InChI=1S/C20H17N5O2/c1-14-10-18(17-8-5-9-19(25(26)27)20(17)23-14)21-11-15-12-22-24(13-15)16-6-3-2-4-7-16/h2-10,12-13H,11H2,1H3,(H,21,23). The second-order valence-electron chi connectivity index (χ2n) is 6.22. The van der Waals surface area contributed by atoms with Crippen LogP contribution in [0.15, 0.2) is 67.0 Å². The molecule has 2 aromatic carbocycles. The molecule has 0 spiro atoms. The van der Waals surface area contributed by atoms with Gasteiger partial charge in [0.25, 0.3) is 5.69 Å². The molecule has 0 aliphatic rings. The van der Waals surface area contributed by atoms with Gasteiger partial charge in [-0.25, -0.2) is 9.67 Å². The van der Waals surface area contributed by atoms with Crippen molar-refractivity contribution in [2.24, 2.45) is 0 Å². The number of rotatable bonds is 5. The van der Waals surface area contributed by atoms with E-state index in [2.05, 4.69) is 15.4 Å². The van der Waals surface area contributed by atoms with Crippen molar-refractivity contribution in [3.8, 4) is 5.69 Å². The van der Waals surface area contributed by atoms with Crippen molar-refractivity contribution >= 4 is 22.3 Å². The van der Waals surface area contributed by atoms with Gasteiger partial charge in [0.05, 0.1) is 16.8 Å². The number of hydrogen-bond acceptors (Lipinski definition) is 5. The van der Waals surface area contributed by atoms with E-state index < -0.39 is 4.92 Å². The van der Waals surface area contributed by atoms with Crippen molar-refractivity contribution in [3.63, 3.8) is 0 Å². The Balaban J connectivity index is 1.62. The normalized spacial score (nSPS) is 10.9. The largest absolute Gasteiger partial charge is 0.380 e. The highest BCUT2D eigenvalue weighted by molar-refractivity contribution is 5.96. The number of benzene rings is 2. The van der Waals surface area contributed by atoms with E-state index in [0.29, 0.717) is 12.1 Å². The topological polar surface area (TPSA) is 85.9 Å². The predicted octanol–water partition coefficient (Wildman–Crippen LogP) is 4.25. The molecule has 0 saturated heterocycles. The van der Waals surface area contributed by atoms with Crippen molar-refractivity contribution in [3.05, 3.63) is 88.4 Å². The molecule has 0 aliphatic carbocycles. The van der Waals surface area contributed by atoms with Crippen molar-refractivity contribution in [1.29, 1.82) is 0 Å². The molecule has 0 bridgehead atoms. The summed E-state index contributed by atoms with van der Waals surface area (Å²) in [6.45, 7) is 2.38. The molecule has 7 heteroatoms. The highest BCUT2D eigenvalue weighted by Gasteiger charge is 2.15. The highest BCUT2D eigenvalue weighted by Crippen LogP contribution is 2.30. The molecule has 4 rings (SSSR count). The van der Waals surface area contributed by atoms with Crippen LogP contribution >= 0.6 is 0 Å². The Morgan fingerprint density at radius 2 is 1.96 bits per heavy atom. The molecule has 0 amide bonds. The number of non-ortho nitro benzene ring substituents is 1. The molecule has 2 heterocycles. The van der Waals surface area contributed by atoms with Gasteiger partial charge in [0.1, 0.15) is 0 Å². The fourth-order valence-electron chi connectivity index (χ4n) is 3.03. The monoisotopic (exact) mass is 359 g/mol. The molecule has 1 N–H and O–H groups in total. The highest BCUT2D eigenvalue weighted by atomic mass is 16.6. The van der Waals surface area contributed by atoms with Gasteiger partial charge >= 0.3 is 0 Å². The summed E-state index contributed by atoms with van der Waals surface area (Å²) in [5.74, 6) is 0. The number of nitrogens with one attached hydrogen (secondary N) is 1. The summed E-state index contributed by atoms with van der Waals surface area (Å²) in [6.07, 6.45) is 3.76. The Morgan fingerprint density at radius 1 is 1.15 bits per heavy atom. The zero-order valence-corrected chi connectivity index (χ0v) is 14.7. The third kappa shape index (κ3) is 3.35. The molecule has 0 atom stereocenters. The Kier molecular flexibility index (Phi) is 4.25. The summed E-state index contributed by atoms with van der Waals surface area (Å²) < 4.78 is 1.82. The Labute approximate surface area is 155 Å². The number of hydrogen-bond donors (Lipinski definition) is 1. The molecule has 2 aromatic heterocycles. The molecule has 0 unspecified atom stereocenters. The lowest BCUT2D eigenvalue weighted by Crippen LogP contribution is -2.02. The maximum absolute atomic E-state index is 11.3. The summed E-state index contributed by atoms with van der Waals surface area (Å²) in [6, 6.07) is 16.8. The SMILES string of the molecule is Cc1cc(NCc2cnn(-c3ccccc3)c2)c2cccc([N+](=O)[O-])c2n1. The average Bonchev–Trinajstić information content (AvgIpc) is 3.15. The summed E-state index contributed by atoms with van der Waals surface area (Å²) >= 11 is 0. The second kappa shape index (κ2) is 6.87. The van der Waals surface area contributed by atoms with Crippen LogP contribution in [0.2, 0.25) is 0 Å². The molecular formula is C20H17N5O2. The molecular weight excluding hydrogens is 342 g/mol. The van der Waals surface area contributed by atoms with Crippen molar-refractivity contribution < 1.29 is 4.92 Å². The molecule has 27 heavy (non-hydrogen) atoms. The molecule has 4 aromatic rings. The number of para-hydroxylation sites is 2. The van der Waals surface area contributed by atoms with Crippen LogP contribution in [-0.4, -0.2) is 19.7 Å². The molecule has 0 radical (unpaired) electrons. The number of nitro benzene ring substituents is 1. The first-order valence-corrected chi connectivity index (χ1v) is 8.49. The van der Waals surface area contributed by atoms with Gasteiger partial charge in [0.2, 0.25) is 0 Å². The van der Waals surface area contributed by atoms with Gasteiger partial charge in [-0.2, -0.15) is 5.10 Å². The smallest absolute Gasteiger partial charge is 0.295 e. The number of aryl methyl sites for hydroxylation is 1. The van der Waals surface area contributed by atoms with Gasteiger partial charge in [0.15, 0.2) is 5.52 Å². The second-order valence-corrected chi connectivity index (χ2v) is 6.22. The van der Waals surface area contributed by atoms with E-state index in [4.69, 9.17) is 0 Å². The van der Waals surface area contributed by atoms with Crippen molar-refractivity contribution in [2.45, 2.75) is 13.5 Å². The Morgan fingerprint density at radius 3 is 2.74 bits per heavy atom. The maximum Gasteiger partial charge on any atom is 0.295 e. The number of anilines is 1. The van der Waals surface area contributed by atoms with Crippen LogP contribution in [0, 0.1) is 17.0 Å². The minimum Gasteiger partial charge on any atom is -0.380 e. The third-order valence-electron chi connectivity index (χ3n) is 4.28. The fraction of sp³-hybridized carbons (Fsp3) is 0.100. The van der Waals surface area contributed by atoms with Gasteiger partial charge in [0, 0.05) is 41.1 Å². The van der Waals surface area contributed by atoms with E-state index in [1.165, 1.54) is 6.07 Å². The minimum atomic E-state index is -0.400. The van der Waals surface area contributed by atoms with Crippen LogP contribution in [-0.2, 0) is 6.54 Å². The lowest BCUT2D eigenvalue weighted by molar-refractivity contribution is -0.383. The predicted molar refractivity (Wildman–Crippen MR) is 104 cm³/mol. The van der Waals surface area contributed by atoms with E-state index in [1.54, 1.807) is 12.3 Å². The summed E-state index contributed by atoms with van der Waals surface area (Å²) in [5, 5.41) is 19.8. The van der Waals surface area contributed by atoms with Gasteiger partial charge in [-0.3, -0.25) is 10.1 Å². The quantitative estimate of drug-likeness (QED) is 0.425. The first-order valence-electron chi connectivity index (χ1n) is 8.49. The molecule has 0 aliphatic heterocycles. The number of aromatic nitrogens is 3. The van der Waals surface area contributed by atoms with E-state index in [9.17, 15) is 10.1 Å². The van der Waals surface area contributed by atoms with Gasteiger partial charge in [-0.1, -0.05) is 30.3 Å². The van der Waals surface area contributed by atoms with E-state index >= 15 is 0 Å². The van der Waals surface area contributed by atoms with Crippen LogP contribution in [0.1, 0.15) is 11.3 Å². The zero-order valence-electron chi connectivity index (χ0n) is 14.7. The Hall–Kier alpha value is -3.74. The summed E-state index contributed by atoms with van der Waals surface area (Å²) in [7, 11) is 0. The lowest BCUT2D eigenvalue weighted by Gasteiger charge is -2.10. The van der Waals surface area contributed by atoms with Crippen molar-refractivity contribution in [1.82, 2.24) is 14.8 Å². The van der Waals surface area contributed by atoms with Crippen LogP contribution in [0.4, 0.5) is 11.4 Å². The van der Waals surface area contributed by atoms with Gasteiger partial charge < -0.3 is 5.32 Å². The van der Waals surface area contributed by atoms with Crippen LogP contribution in [0.5, 0.6) is 0 Å². The Bertz CT molecular complexity index is 1120. The first-order chi connectivity index (χ1) is 13.1. The number of nitro groups is 1. The lowest BCUT2D eigenvalue weighted by atomic mass is 10.1. The van der Waals surface area contributed by atoms with Crippen molar-refractivity contribution in [2.75, 3.05) is 5.32 Å². The summed E-state index contributed by atoms with van der Waals surface area (Å²) in [4.78, 5) is 15.2.